The van der Waals surface area contributed by atoms with Gasteiger partial charge in [0.2, 0.25) is 0 Å². The van der Waals surface area contributed by atoms with Crippen molar-refractivity contribution in [1.29, 1.82) is 0 Å². The summed E-state index contributed by atoms with van der Waals surface area (Å²) in [5.74, 6) is 0.619. The number of halogens is 1. The molecule has 0 aliphatic rings. The zero-order valence-corrected chi connectivity index (χ0v) is 4.82. The lowest BCUT2D eigenvalue weighted by molar-refractivity contribution is -0.106. The summed E-state index contributed by atoms with van der Waals surface area (Å²) in [6.45, 7) is 0. The van der Waals surface area contributed by atoms with Crippen LogP contribution in [0, 0.1) is 0 Å². The Balaban J connectivity index is 2.56. The first-order valence-electron chi connectivity index (χ1n) is 2.23. The average Bonchev–Trinajstić information content (AvgIpc) is 1.69. The Bertz CT molecular complexity index is 49.0. The summed E-state index contributed by atoms with van der Waals surface area (Å²) in [5.41, 5.74) is 0. The lowest BCUT2D eigenvalue weighted by Crippen LogP contribution is -1.88. The Hall–Kier alpha value is 0.0249. The minimum Gasteiger partial charge on any atom is -0.304 e. The van der Waals surface area contributed by atoms with Crippen LogP contribution in [-0.2, 0) is 4.79 Å². The van der Waals surface area contributed by atoms with Crippen LogP contribution in [0.15, 0.2) is 0 Å². The first-order valence-corrected chi connectivity index (χ1v) is 2.76. The predicted octanol–water partition coefficient (Wildman–Crippen LogP) is 0.965. The van der Waals surface area contributed by atoms with Crippen LogP contribution in [0.1, 0.15) is 0 Å². The van der Waals surface area contributed by atoms with Gasteiger partial charge in [0, 0.05) is 5.88 Å². The highest BCUT2D eigenvalue weighted by molar-refractivity contribution is 6.41. The zero-order chi connectivity index (χ0) is 5.54. The number of hydrogen-bond donors (Lipinski definition) is 0. The Morgan fingerprint density at radius 3 is 2.86 bits per heavy atom. The SMILES string of the molecule is O=CC[B]CCCl. The fourth-order valence-corrected chi connectivity index (χ4v) is 0.417. The van der Waals surface area contributed by atoms with Gasteiger partial charge in [0.25, 0.3) is 0 Å². The fraction of sp³-hybridized carbons (Fsp3) is 0.750. The molecule has 0 aliphatic carbocycles. The summed E-state index contributed by atoms with van der Waals surface area (Å²) in [6.07, 6.45) is 2.24. The lowest BCUT2D eigenvalue weighted by atomic mass is 9.72. The molecular weight excluding hydrogens is 110 g/mol. The Kier molecular flexibility index (Phi) is 6.05. The molecule has 0 spiro atoms. The van der Waals surface area contributed by atoms with Gasteiger partial charge in [0.15, 0.2) is 0 Å². The molecule has 0 saturated carbocycles. The van der Waals surface area contributed by atoms with E-state index in [1.165, 1.54) is 0 Å². The highest BCUT2D eigenvalue weighted by atomic mass is 35.5. The predicted molar refractivity (Wildman–Crippen MR) is 32.2 cm³/mol. The summed E-state index contributed by atoms with van der Waals surface area (Å²) in [5, 5.41) is 0. The van der Waals surface area contributed by atoms with Crippen LogP contribution in [0.2, 0.25) is 12.6 Å². The van der Waals surface area contributed by atoms with E-state index in [-0.39, 0.29) is 0 Å². The maximum atomic E-state index is 9.61. The quantitative estimate of drug-likeness (QED) is 0.232. The molecule has 0 heterocycles. The van der Waals surface area contributed by atoms with Crippen LogP contribution in [0.3, 0.4) is 0 Å². The molecule has 0 aliphatic heterocycles. The minimum absolute atomic E-state index is 0.534. The second-order valence-electron chi connectivity index (χ2n) is 1.17. The molecular formula is C4H7BClO. The number of hydrogen-bond acceptors (Lipinski definition) is 1. The highest BCUT2D eigenvalue weighted by Crippen LogP contribution is 1.84. The molecule has 1 nitrogen and oxygen atoms in total. The van der Waals surface area contributed by atoms with Gasteiger partial charge in [-0.05, 0) is 6.32 Å². The monoisotopic (exact) mass is 117 g/mol. The summed E-state index contributed by atoms with van der Waals surface area (Å²) >= 11 is 5.29. The van der Waals surface area contributed by atoms with Gasteiger partial charge in [0.1, 0.15) is 13.6 Å². The molecule has 0 aromatic rings. The molecule has 0 unspecified atom stereocenters. The van der Waals surface area contributed by atoms with Crippen molar-refractivity contribution in [2.75, 3.05) is 5.88 Å². The second-order valence-corrected chi connectivity index (χ2v) is 1.55. The molecule has 0 atom stereocenters. The number of carbonyl (C=O) groups excluding carboxylic acids is 1. The number of alkyl halides is 1. The maximum Gasteiger partial charge on any atom is 0.120 e. The van der Waals surface area contributed by atoms with Crippen LogP contribution in [0.4, 0.5) is 0 Å². The molecule has 0 saturated heterocycles. The van der Waals surface area contributed by atoms with Crippen molar-refractivity contribution in [1.82, 2.24) is 0 Å². The van der Waals surface area contributed by atoms with Gasteiger partial charge in [0.05, 0.1) is 0 Å². The van der Waals surface area contributed by atoms with Crippen LogP contribution < -0.4 is 0 Å². The molecule has 1 radical (unpaired) electrons. The van der Waals surface area contributed by atoms with Gasteiger partial charge in [-0.2, -0.15) is 0 Å². The van der Waals surface area contributed by atoms with Gasteiger partial charge >= 0.3 is 0 Å². The van der Waals surface area contributed by atoms with E-state index in [1.807, 2.05) is 7.28 Å². The van der Waals surface area contributed by atoms with Gasteiger partial charge in [-0.3, -0.25) is 0 Å². The number of rotatable bonds is 4. The van der Waals surface area contributed by atoms with E-state index in [0.717, 1.165) is 12.6 Å². The second kappa shape index (κ2) is 6.02. The van der Waals surface area contributed by atoms with Gasteiger partial charge in [-0.1, -0.05) is 6.32 Å². The van der Waals surface area contributed by atoms with E-state index >= 15 is 0 Å². The third-order valence-corrected chi connectivity index (χ3v) is 0.794. The molecule has 7 heavy (non-hydrogen) atoms. The first kappa shape index (κ1) is 7.02. The minimum atomic E-state index is 0.534. The highest BCUT2D eigenvalue weighted by Gasteiger charge is 1.84. The van der Waals surface area contributed by atoms with Crippen molar-refractivity contribution in [3.63, 3.8) is 0 Å². The molecule has 0 fully saturated rings. The molecule has 39 valence electrons. The third-order valence-electron chi connectivity index (χ3n) is 0.576. The molecule has 0 rings (SSSR count). The molecule has 0 bridgehead atoms. The Morgan fingerprint density at radius 1 is 1.71 bits per heavy atom. The van der Waals surface area contributed by atoms with Gasteiger partial charge < -0.3 is 4.79 Å². The molecule has 0 N–H and O–H groups in total. The van der Waals surface area contributed by atoms with Crippen LogP contribution in [0.5, 0.6) is 0 Å². The third kappa shape index (κ3) is 6.02. The van der Waals surface area contributed by atoms with Crippen LogP contribution in [0.25, 0.3) is 0 Å². The standard InChI is InChI=1S/C4H7BClO/c6-3-1-5-2-4-7/h4H,1-3H2. The topological polar surface area (TPSA) is 17.1 Å². The zero-order valence-electron chi connectivity index (χ0n) is 4.06. The van der Waals surface area contributed by atoms with Crippen molar-refractivity contribution in [2.24, 2.45) is 0 Å². The fourth-order valence-electron chi connectivity index (χ4n) is 0.263. The Morgan fingerprint density at radius 2 is 2.43 bits per heavy atom. The number of aldehydes is 1. The summed E-state index contributed by atoms with van der Waals surface area (Å²) in [6, 6.07) is 0. The molecule has 0 aromatic carbocycles. The first-order chi connectivity index (χ1) is 3.41. The van der Waals surface area contributed by atoms with Crippen molar-refractivity contribution in [3.8, 4) is 0 Å². The van der Waals surface area contributed by atoms with Crippen molar-refractivity contribution in [3.05, 3.63) is 0 Å². The van der Waals surface area contributed by atoms with Crippen LogP contribution >= 0.6 is 11.6 Å². The van der Waals surface area contributed by atoms with Crippen molar-refractivity contribution < 1.29 is 4.79 Å². The van der Waals surface area contributed by atoms with Gasteiger partial charge in [-0.15, -0.1) is 11.6 Å². The molecule has 0 aromatic heterocycles. The van der Waals surface area contributed by atoms with E-state index in [1.54, 1.807) is 0 Å². The van der Waals surface area contributed by atoms with E-state index in [0.29, 0.717) is 12.2 Å². The largest absolute Gasteiger partial charge is 0.304 e. The van der Waals surface area contributed by atoms with E-state index in [2.05, 4.69) is 0 Å². The Labute approximate surface area is 49.3 Å². The number of carbonyl (C=O) groups is 1. The lowest BCUT2D eigenvalue weighted by Gasteiger charge is -1.81. The molecule has 0 amide bonds. The normalized spacial score (nSPS) is 8.14. The smallest absolute Gasteiger partial charge is 0.120 e. The van der Waals surface area contributed by atoms with E-state index in [4.69, 9.17) is 11.6 Å². The van der Waals surface area contributed by atoms with Crippen molar-refractivity contribution >= 4 is 25.2 Å². The molecule has 3 heteroatoms. The summed E-state index contributed by atoms with van der Waals surface area (Å²) < 4.78 is 0. The van der Waals surface area contributed by atoms with E-state index < -0.39 is 0 Å². The average molecular weight is 117 g/mol. The van der Waals surface area contributed by atoms with Crippen LogP contribution in [-0.4, -0.2) is 19.4 Å². The maximum absolute atomic E-state index is 9.61. The van der Waals surface area contributed by atoms with Crippen molar-refractivity contribution in [2.45, 2.75) is 12.6 Å². The van der Waals surface area contributed by atoms with Gasteiger partial charge in [-0.25, -0.2) is 0 Å². The summed E-state index contributed by atoms with van der Waals surface area (Å²) in [4.78, 5) is 9.61. The van der Waals surface area contributed by atoms with E-state index in [9.17, 15) is 4.79 Å². The summed E-state index contributed by atoms with van der Waals surface area (Å²) in [7, 11) is 1.86.